The van der Waals surface area contributed by atoms with E-state index in [0.29, 0.717) is 11.8 Å². The van der Waals surface area contributed by atoms with Crippen LogP contribution in [0.3, 0.4) is 0 Å². The molecule has 2 bridgehead atoms. The Balaban J connectivity index is 1.57. The molecule has 2 saturated heterocycles. The van der Waals surface area contributed by atoms with Gasteiger partial charge < -0.3 is 15.3 Å². The first-order valence-electron chi connectivity index (χ1n) is 7.85. The fourth-order valence-corrected chi connectivity index (χ4v) is 4.15. The second-order valence-corrected chi connectivity index (χ2v) is 6.79. The first-order chi connectivity index (χ1) is 9.56. The Morgan fingerprint density at radius 2 is 2.10 bits per heavy atom. The molecule has 3 atom stereocenters. The van der Waals surface area contributed by atoms with Crippen LogP contribution in [-0.2, 0) is 4.79 Å². The molecule has 5 heteroatoms. The Labute approximate surface area is 119 Å². The van der Waals surface area contributed by atoms with E-state index in [1.807, 2.05) is 4.90 Å². The van der Waals surface area contributed by atoms with Crippen molar-refractivity contribution in [2.45, 2.75) is 64.0 Å². The van der Waals surface area contributed by atoms with Gasteiger partial charge >= 0.3 is 12.0 Å². The molecule has 2 aliphatic heterocycles. The second kappa shape index (κ2) is 4.93. The number of hydrogen-bond donors (Lipinski definition) is 2. The van der Waals surface area contributed by atoms with Crippen molar-refractivity contribution < 1.29 is 14.7 Å². The SMILES string of the molecule is CCCC1(CNC(=O)N2C3CCC2C(C(=O)O)C3)CC1. The van der Waals surface area contributed by atoms with E-state index in [2.05, 4.69) is 12.2 Å². The van der Waals surface area contributed by atoms with Gasteiger partial charge in [-0.25, -0.2) is 4.79 Å². The number of rotatable bonds is 5. The summed E-state index contributed by atoms with van der Waals surface area (Å²) in [6, 6.07) is 0.0184. The summed E-state index contributed by atoms with van der Waals surface area (Å²) in [5.74, 6) is -1.11. The van der Waals surface area contributed by atoms with Gasteiger partial charge in [0, 0.05) is 18.6 Å². The Kier molecular flexibility index (Phi) is 3.38. The molecule has 0 aromatic rings. The summed E-state index contributed by atoms with van der Waals surface area (Å²) in [6.07, 6.45) is 7.20. The first kappa shape index (κ1) is 13.7. The smallest absolute Gasteiger partial charge is 0.317 e. The standard InChI is InChI=1S/C15H24N2O3/c1-2-5-15(6-7-15)9-16-14(20)17-10-3-4-12(17)11(8-10)13(18)19/h10-12H,2-9H2,1H3,(H,16,20)(H,18,19). The minimum Gasteiger partial charge on any atom is -0.481 e. The normalized spacial score (nSPS) is 33.2. The van der Waals surface area contributed by atoms with E-state index in [4.69, 9.17) is 0 Å². The number of carbonyl (C=O) groups excluding carboxylic acids is 1. The van der Waals surface area contributed by atoms with E-state index in [9.17, 15) is 14.7 Å². The highest BCUT2D eigenvalue weighted by molar-refractivity contribution is 5.79. The third-order valence-corrected chi connectivity index (χ3v) is 5.44. The highest BCUT2D eigenvalue weighted by Crippen LogP contribution is 2.49. The largest absolute Gasteiger partial charge is 0.481 e. The number of nitrogens with one attached hydrogen (secondary N) is 1. The highest BCUT2D eigenvalue weighted by Gasteiger charge is 2.52. The molecule has 0 spiro atoms. The number of carboxylic acid groups (broad SMARTS) is 1. The quantitative estimate of drug-likeness (QED) is 0.811. The fourth-order valence-electron chi connectivity index (χ4n) is 4.15. The van der Waals surface area contributed by atoms with Crippen molar-refractivity contribution in [2.24, 2.45) is 11.3 Å². The van der Waals surface area contributed by atoms with Gasteiger partial charge in [-0.15, -0.1) is 0 Å². The van der Waals surface area contributed by atoms with E-state index in [0.717, 1.165) is 25.8 Å². The number of hydrogen-bond acceptors (Lipinski definition) is 2. The molecule has 3 fully saturated rings. The van der Waals surface area contributed by atoms with E-state index in [1.165, 1.54) is 19.3 Å². The zero-order valence-corrected chi connectivity index (χ0v) is 12.1. The summed E-state index contributed by atoms with van der Waals surface area (Å²) in [7, 11) is 0. The molecule has 1 aliphatic carbocycles. The predicted octanol–water partition coefficient (Wildman–Crippen LogP) is 2.21. The lowest BCUT2D eigenvalue weighted by atomic mass is 9.89. The van der Waals surface area contributed by atoms with Gasteiger partial charge in [-0.2, -0.15) is 0 Å². The van der Waals surface area contributed by atoms with Crippen molar-refractivity contribution in [3.8, 4) is 0 Å². The van der Waals surface area contributed by atoms with Gasteiger partial charge in [0.1, 0.15) is 0 Å². The van der Waals surface area contributed by atoms with Crippen molar-refractivity contribution in [1.29, 1.82) is 0 Å². The highest BCUT2D eigenvalue weighted by atomic mass is 16.4. The van der Waals surface area contributed by atoms with Crippen molar-refractivity contribution in [3.05, 3.63) is 0 Å². The van der Waals surface area contributed by atoms with Crippen molar-refractivity contribution in [1.82, 2.24) is 10.2 Å². The Morgan fingerprint density at radius 3 is 2.65 bits per heavy atom. The van der Waals surface area contributed by atoms with Gasteiger partial charge in [0.05, 0.1) is 5.92 Å². The van der Waals surface area contributed by atoms with Crippen LogP contribution in [-0.4, -0.2) is 40.6 Å². The Bertz CT molecular complexity index is 419. The maximum absolute atomic E-state index is 12.4. The molecular formula is C15H24N2O3. The molecular weight excluding hydrogens is 256 g/mol. The molecule has 0 radical (unpaired) electrons. The van der Waals surface area contributed by atoms with E-state index in [1.54, 1.807) is 0 Å². The summed E-state index contributed by atoms with van der Waals surface area (Å²) in [5.41, 5.74) is 0.343. The molecule has 20 heavy (non-hydrogen) atoms. The monoisotopic (exact) mass is 280 g/mol. The van der Waals surface area contributed by atoms with Crippen LogP contribution in [0.15, 0.2) is 0 Å². The van der Waals surface area contributed by atoms with Gasteiger partial charge in [0.15, 0.2) is 0 Å². The zero-order chi connectivity index (χ0) is 14.3. The molecule has 0 aromatic carbocycles. The molecule has 2 heterocycles. The molecule has 2 amide bonds. The molecule has 3 aliphatic rings. The summed E-state index contributed by atoms with van der Waals surface area (Å²) >= 11 is 0. The van der Waals surface area contributed by atoms with Gasteiger partial charge in [0.25, 0.3) is 0 Å². The van der Waals surface area contributed by atoms with E-state index >= 15 is 0 Å². The number of fused-ring (bicyclic) bond motifs is 2. The van der Waals surface area contributed by atoms with E-state index in [-0.39, 0.29) is 24.0 Å². The number of urea groups is 1. The average molecular weight is 280 g/mol. The molecule has 3 rings (SSSR count). The van der Waals surface area contributed by atoms with Crippen LogP contribution in [0.4, 0.5) is 4.79 Å². The van der Waals surface area contributed by atoms with Crippen LogP contribution in [0.5, 0.6) is 0 Å². The third kappa shape index (κ3) is 2.27. The van der Waals surface area contributed by atoms with Crippen LogP contribution in [0.25, 0.3) is 0 Å². The van der Waals surface area contributed by atoms with E-state index < -0.39 is 5.97 Å². The summed E-state index contributed by atoms with van der Waals surface area (Å²) in [5, 5.41) is 12.3. The molecule has 3 unspecified atom stereocenters. The lowest BCUT2D eigenvalue weighted by Gasteiger charge is -2.25. The van der Waals surface area contributed by atoms with Crippen LogP contribution in [0, 0.1) is 11.3 Å². The predicted molar refractivity (Wildman–Crippen MR) is 74.4 cm³/mol. The Hall–Kier alpha value is -1.26. The minimum absolute atomic E-state index is 0.0383. The van der Waals surface area contributed by atoms with Crippen LogP contribution in [0.1, 0.15) is 51.9 Å². The summed E-state index contributed by atoms with van der Waals surface area (Å²) in [6.45, 7) is 2.94. The number of carbonyl (C=O) groups is 2. The maximum Gasteiger partial charge on any atom is 0.317 e. The number of aliphatic carboxylic acids is 1. The summed E-state index contributed by atoms with van der Waals surface area (Å²) in [4.78, 5) is 25.4. The van der Waals surface area contributed by atoms with Crippen LogP contribution >= 0.6 is 0 Å². The molecule has 5 nitrogen and oxygen atoms in total. The average Bonchev–Trinajstić information content (AvgIpc) is 2.94. The van der Waals surface area contributed by atoms with Crippen LogP contribution < -0.4 is 5.32 Å². The molecule has 2 N–H and O–H groups in total. The van der Waals surface area contributed by atoms with Gasteiger partial charge in [-0.1, -0.05) is 13.3 Å². The minimum atomic E-state index is -0.750. The van der Waals surface area contributed by atoms with Gasteiger partial charge in [-0.3, -0.25) is 4.79 Å². The lowest BCUT2D eigenvalue weighted by Crippen LogP contribution is -2.45. The van der Waals surface area contributed by atoms with Crippen molar-refractivity contribution >= 4 is 12.0 Å². The number of amides is 2. The molecule has 112 valence electrons. The molecule has 0 aromatic heterocycles. The number of nitrogens with zero attached hydrogens (tertiary/aromatic N) is 1. The van der Waals surface area contributed by atoms with Crippen LogP contribution in [0.2, 0.25) is 0 Å². The third-order valence-electron chi connectivity index (χ3n) is 5.44. The number of carboxylic acids is 1. The fraction of sp³-hybridized carbons (Fsp3) is 0.867. The van der Waals surface area contributed by atoms with Gasteiger partial charge in [0.2, 0.25) is 0 Å². The lowest BCUT2D eigenvalue weighted by molar-refractivity contribution is -0.142. The first-order valence-corrected chi connectivity index (χ1v) is 7.85. The topological polar surface area (TPSA) is 69.6 Å². The molecule has 1 saturated carbocycles. The zero-order valence-electron chi connectivity index (χ0n) is 12.1. The van der Waals surface area contributed by atoms with Crippen molar-refractivity contribution in [3.63, 3.8) is 0 Å². The maximum atomic E-state index is 12.4. The summed E-state index contributed by atoms with van der Waals surface area (Å²) < 4.78 is 0. The Morgan fingerprint density at radius 1 is 1.35 bits per heavy atom. The van der Waals surface area contributed by atoms with Gasteiger partial charge in [-0.05, 0) is 43.9 Å². The second-order valence-electron chi connectivity index (χ2n) is 6.79. The van der Waals surface area contributed by atoms with Crippen molar-refractivity contribution in [2.75, 3.05) is 6.54 Å².